The van der Waals surface area contributed by atoms with Gasteiger partial charge in [-0.05, 0) is 37.3 Å². The molecule has 1 aliphatic rings. The molecule has 1 amide bonds. The van der Waals surface area contributed by atoms with Gasteiger partial charge in [-0.3, -0.25) is 4.79 Å². The molecule has 1 saturated carbocycles. The summed E-state index contributed by atoms with van der Waals surface area (Å²) in [6.07, 6.45) is 8.79. The van der Waals surface area contributed by atoms with Crippen molar-refractivity contribution in [2.75, 3.05) is 11.9 Å². The summed E-state index contributed by atoms with van der Waals surface area (Å²) in [4.78, 5) is 16.6. The number of carbonyl (C=O) groups is 1. The number of nitrogens with one attached hydrogen (secondary N) is 2. The van der Waals surface area contributed by atoms with Gasteiger partial charge in [0.15, 0.2) is 0 Å². The Morgan fingerprint density at radius 2 is 2.10 bits per heavy atom. The summed E-state index contributed by atoms with van der Waals surface area (Å²) in [6, 6.07) is 4.04. The summed E-state index contributed by atoms with van der Waals surface area (Å²) >= 11 is 0. The lowest BCUT2D eigenvalue weighted by molar-refractivity contribution is 0.0899. The van der Waals surface area contributed by atoms with Crippen molar-refractivity contribution in [2.45, 2.75) is 58.4 Å². The van der Waals surface area contributed by atoms with Gasteiger partial charge in [0.1, 0.15) is 5.69 Å². The van der Waals surface area contributed by atoms with Crippen molar-refractivity contribution in [3.63, 3.8) is 0 Å². The van der Waals surface area contributed by atoms with Crippen LogP contribution in [0.2, 0.25) is 0 Å². The standard InChI is InChI=1S/C17H27N3O/c1-3-11-18-14-9-10-16(19-12-14)17(21)20-15-8-6-5-7-13(15)4-2/h9-10,12-13,15,18H,3-8,11H2,1-2H3,(H,20,21). The van der Waals surface area contributed by atoms with Crippen LogP contribution in [0, 0.1) is 5.92 Å². The second-order valence-electron chi connectivity index (χ2n) is 5.89. The van der Waals surface area contributed by atoms with Crippen molar-refractivity contribution in [3.05, 3.63) is 24.0 Å². The van der Waals surface area contributed by atoms with E-state index in [1.165, 1.54) is 19.3 Å². The first kappa shape index (κ1) is 15.8. The highest BCUT2D eigenvalue weighted by Gasteiger charge is 2.25. The number of aromatic nitrogens is 1. The maximum atomic E-state index is 12.3. The Labute approximate surface area is 127 Å². The van der Waals surface area contributed by atoms with E-state index in [4.69, 9.17) is 0 Å². The van der Waals surface area contributed by atoms with Crippen LogP contribution in [0.15, 0.2) is 18.3 Å². The van der Waals surface area contributed by atoms with E-state index < -0.39 is 0 Å². The molecular formula is C17H27N3O. The van der Waals surface area contributed by atoms with E-state index in [2.05, 4.69) is 29.5 Å². The minimum absolute atomic E-state index is 0.0395. The zero-order chi connectivity index (χ0) is 15.1. The van der Waals surface area contributed by atoms with Crippen molar-refractivity contribution in [2.24, 2.45) is 5.92 Å². The van der Waals surface area contributed by atoms with Crippen LogP contribution in [0.4, 0.5) is 5.69 Å². The number of hydrogen-bond donors (Lipinski definition) is 2. The summed E-state index contributed by atoms with van der Waals surface area (Å²) in [6.45, 7) is 5.26. The van der Waals surface area contributed by atoms with Crippen LogP contribution < -0.4 is 10.6 Å². The van der Waals surface area contributed by atoms with Gasteiger partial charge >= 0.3 is 0 Å². The predicted molar refractivity (Wildman–Crippen MR) is 86.5 cm³/mol. The van der Waals surface area contributed by atoms with Gasteiger partial charge in [-0.1, -0.05) is 33.1 Å². The van der Waals surface area contributed by atoms with Crippen LogP contribution in [-0.4, -0.2) is 23.5 Å². The number of amides is 1. The van der Waals surface area contributed by atoms with Crippen molar-refractivity contribution < 1.29 is 4.79 Å². The van der Waals surface area contributed by atoms with Crippen LogP contribution in [0.1, 0.15) is 62.9 Å². The SMILES string of the molecule is CCCNc1ccc(C(=O)NC2CCCCC2CC)nc1. The van der Waals surface area contributed by atoms with Crippen molar-refractivity contribution in [1.29, 1.82) is 0 Å². The largest absolute Gasteiger partial charge is 0.384 e. The van der Waals surface area contributed by atoms with E-state index in [1.54, 1.807) is 12.3 Å². The lowest BCUT2D eigenvalue weighted by Crippen LogP contribution is -2.42. The van der Waals surface area contributed by atoms with Crippen molar-refractivity contribution in [1.82, 2.24) is 10.3 Å². The molecule has 1 aliphatic carbocycles. The Hall–Kier alpha value is -1.58. The maximum absolute atomic E-state index is 12.3. The Bertz CT molecular complexity index is 444. The summed E-state index contributed by atoms with van der Waals surface area (Å²) in [5, 5.41) is 6.44. The molecule has 1 aromatic heterocycles. The van der Waals surface area contributed by atoms with Gasteiger partial charge < -0.3 is 10.6 Å². The Balaban J connectivity index is 1.93. The van der Waals surface area contributed by atoms with E-state index in [-0.39, 0.29) is 5.91 Å². The van der Waals surface area contributed by atoms with Crippen LogP contribution in [0.25, 0.3) is 0 Å². The number of anilines is 1. The smallest absolute Gasteiger partial charge is 0.270 e. The third-order valence-electron chi connectivity index (χ3n) is 4.33. The number of rotatable bonds is 6. The highest BCUT2D eigenvalue weighted by atomic mass is 16.1. The summed E-state index contributed by atoms with van der Waals surface area (Å²) in [5.41, 5.74) is 1.48. The first-order valence-electron chi connectivity index (χ1n) is 8.25. The van der Waals surface area contributed by atoms with E-state index in [0.29, 0.717) is 17.7 Å². The van der Waals surface area contributed by atoms with Gasteiger partial charge in [-0.25, -0.2) is 4.98 Å². The molecule has 0 radical (unpaired) electrons. The summed E-state index contributed by atoms with van der Waals surface area (Å²) < 4.78 is 0. The van der Waals surface area contributed by atoms with Crippen molar-refractivity contribution in [3.8, 4) is 0 Å². The monoisotopic (exact) mass is 289 g/mol. The molecule has 0 bridgehead atoms. The topological polar surface area (TPSA) is 54.0 Å². The average molecular weight is 289 g/mol. The van der Waals surface area contributed by atoms with Gasteiger partial charge in [0, 0.05) is 12.6 Å². The molecule has 1 heterocycles. The van der Waals surface area contributed by atoms with Crippen LogP contribution in [0.5, 0.6) is 0 Å². The number of hydrogen-bond acceptors (Lipinski definition) is 3. The molecule has 1 aromatic rings. The van der Waals surface area contributed by atoms with E-state index in [0.717, 1.165) is 31.5 Å². The molecule has 4 heteroatoms. The quantitative estimate of drug-likeness (QED) is 0.841. The average Bonchev–Trinajstić information content (AvgIpc) is 2.54. The number of pyridine rings is 1. The highest BCUT2D eigenvalue weighted by Crippen LogP contribution is 2.26. The third-order valence-corrected chi connectivity index (χ3v) is 4.33. The Kier molecular flexibility index (Phi) is 6.03. The zero-order valence-electron chi connectivity index (χ0n) is 13.2. The molecular weight excluding hydrogens is 262 g/mol. The molecule has 0 aromatic carbocycles. The first-order chi connectivity index (χ1) is 10.2. The second-order valence-corrected chi connectivity index (χ2v) is 5.89. The molecule has 0 saturated heterocycles. The van der Waals surface area contributed by atoms with Crippen LogP contribution in [-0.2, 0) is 0 Å². The van der Waals surface area contributed by atoms with Gasteiger partial charge in [0.25, 0.3) is 5.91 Å². The normalized spacial score (nSPS) is 21.8. The fourth-order valence-corrected chi connectivity index (χ4v) is 3.03. The first-order valence-corrected chi connectivity index (χ1v) is 8.25. The molecule has 1 fully saturated rings. The molecule has 2 N–H and O–H groups in total. The maximum Gasteiger partial charge on any atom is 0.270 e. The fourth-order valence-electron chi connectivity index (χ4n) is 3.03. The van der Waals surface area contributed by atoms with Crippen LogP contribution in [0.3, 0.4) is 0 Å². The molecule has 2 atom stereocenters. The highest BCUT2D eigenvalue weighted by molar-refractivity contribution is 5.92. The lowest BCUT2D eigenvalue weighted by Gasteiger charge is -2.31. The molecule has 0 spiro atoms. The van der Waals surface area contributed by atoms with E-state index in [1.807, 2.05) is 6.07 Å². The molecule has 4 nitrogen and oxygen atoms in total. The Morgan fingerprint density at radius 3 is 2.76 bits per heavy atom. The van der Waals surface area contributed by atoms with Crippen molar-refractivity contribution >= 4 is 11.6 Å². The lowest BCUT2D eigenvalue weighted by atomic mass is 9.83. The summed E-state index contributed by atoms with van der Waals surface area (Å²) in [5.74, 6) is 0.579. The van der Waals surface area contributed by atoms with E-state index >= 15 is 0 Å². The minimum Gasteiger partial charge on any atom is -0.384 e. The minimum atomic E-state index is -0.0395. The molecule has 2 rings (SSSR count). The predicted octanol–water partition coefficient (Wildman–Crippen LogP) is 3.60. The Morgan fingerprint density at radius 1 is 1.29 bits per heavy atom. The fraction of sp³-hybridized carbons (Fsp3) is 0.647. The van der Waals surface area contributed by atoms with Gasteiger partial charge in [0.05, 0.1) is 11.9 Å². The molecule has 2 unspecified atom stereocenters. The van der Waals surface area contributed by atoms with E-state index in [9.17, 15) is 4.79 Å². The third kappa shape index (κ3) is 4.45. The van der Waals surface area contributed by atoms with Gasteiger partial charge in [0.2, 0.25) is 0 Å². The molecule has 116 valence electrons. The molecule has 21 heavy (non-hydrogen) atoms. The number of carbonyl (C=O) groups excluding carboxylic acids is 1. The molecule has 0 aliphatic heterocycles. The summed E-state index contributed by atoms with van der Waals surface area (Å²) in [7, 11) is 0. The zero-order valence-corrected chi connectivity index (χ0v) is 13.2. The number of nitrogens with zero attached hydrogens (tertiary/aromatic N) is 1. The van der Waals surface area contributed by atoms with Crippen LogP contribution >= 0.6 is 0 Å². The second kappa shape index (κ2) is 8.01. The van der Waals surface area contributed by atoms with Gasteiger partial charge in [-0.2, -0.15) is 0 Å². The van der Waals surface area contributed by atoms with Gasteiger partial charge in [-0.15, -0.1) is 0 Å².